The average Bonchev–Trinajstić information content (AvgIpc) is 2.28. The van der Waals surface area contributed by atoms with Crippen molar-refractivity contribution in [3.05, 3.63) is 30.1 Å². The monoisotopic (exact) mass is 224 g/mol. The summed E-state index contributed by atoms with van der Waals surface area (Å²) in [6, 6.07) is 5.74. The topological polar surface area (TPSA) is 55.1 Å². The van der Waals surface area contributed by atoms with E-state index in [1.54, 1.807) is 12.1 Å². The second kappa shape index (κ2) is 6.95. The van der Waals surface area contributed by atoms with Gasteiger partial charge in [-0.2, -0.15) is 0 Å². The Morgan fingerprint density at radius 1 is 1.19 bits per heavy atom. The fraction of sp³-hybridized carbons (Fsp3) is 0.417. The average molecular weight is 224 g/mol. The summed E-state index contributed by atoms with van der Waals surface area (Å²) < 4.78 is 12.6. The Morgan fingerprint density at radius 2 is 1.88 bits per heavy atom. The summed E-state index contributed by atoms with van der Waals surface area (Å²) in [6.45, 7) is 0.666. The zero-order valence-corrected chi connectivity index (χ0v) is 9.21. The van der Waals surface area contributed by atoms with Gasteiger partial charge in [-0.1, -0.05) is 6.42 Å². The molecule has 0 saturated carbocycles. The molecule has 0 saturated heterocycles. The van der Waals surface area contributed by atoms with Crippen molar-refractivity contribution in [2.24, 2.45) is 5.73 Å². The van der Waals surface area contributed by atoms with Crippen molar-refractivity contribution in [1.82, 2.24) is 0 Å². The van der Waals surface area contributed by atoms with E-state index in [1.165, 1.54) is 12.1 Å². The molecule has 4 heteroatoms. The van der Waals surface area contributed by atoms with E-state index in [-0.39, 0.29) is 11.7 Å². The minimum atomic E-state index is -0.305. The molecule has 0 heterocycles. The number of nitrogens with one attached hydrogen (secondary N) is 1. The van der Waals surface area contributed by atoms with Crippen LogP contribution in [0.25, 0.3) is 0 Å². The van der Waals surface area contributed by atoms with Gasteiger partial charge in [-0.3, -0.25) is 4.79 Å². The number of hydrogen-bond donors (Lipinski definition) is 2. The van der Waals surface area contributed by atoms with Gasteiger partial charge in [0.2, 0.25) is 5.91 Å². The maximum absolute atomic E-state index is 12.6. The quantitative estimate of drug-likeness (QED) is 0.728. The molecule has 0 radical (unpaired) electrons. The van der Waals surface area contributed by atoms with Gasteiger partial charge in [-0.15, -0.1) is 0 Å². The van der Waals surface area contributed by atoms with E-state index in [1.807, 2.05) is 0 Å². The van der Waals surface area contributed by atoms with E-state index in [2.05, 4.69) is 5.32 Å². The number of rotatable bonds is 6. The normalized spacial score (nSPS) is 10.1. The number of amides is 1. The summed E-state index contributed by atoms with van der Waals surface area (Å²) in [7, 11) is 0. The lowest BCUT2D eigenvalue weighted by Gasteiger charge is -2.04. The van der Waals surface area contributed by atoms with Crippen LogP contribution in [0.4, 0.5) is 10.1 Å². The molecule has 1 aromatic rings. The van der Waals surface area contributed by atoms with Gasteiger partial charge in [0, 0.05) is 12.1 Å². The molecule has 3 nitrogen and oxygen atoms in total. The predicted molar refractivity (Wildman–Crippen MR) is 62.6 cm³/mol. The zero-order valence-electron chi connectivity index (χ0n) is 9.21. The molecular weight excluding hydrogens is 207 g/mol. The van der Waals surface area contributed by atoms with Crippen LogP contribution in [-0.2, 0) is 4.79 Å². The van der Waals surface area contributed by atoms with Crippen molar-refractivity contribution < 1.29 is 9.18 Å². The van der Waals surface area contributed by atoms with E-state index in [4.69, 9.17) is 5.73 Å². The van der Waals surface area contributed by atoms with Crippen molar-refractivity contribution in [3.8, 4) is 0 Å². The second-order valence-electron chi connectivity index (χ2n) is 3.65. The highest BCUT2D eigenvalue weighted by molar-refractivity contribution is 5.90. The molecule has 88 valence electrons. The molecule has 0 bridgehead atoms. The molecule has 0 fully saturated rings. The number of carbonyl (C=O) groups is 1. The summed E-state index contributed by atoms with van der Waals surface area (Å²) in [4.78, 5) is 11.4. The van der Waals surface area contributed by atoms with Crippen LogP contribution in [0.2, 0.25) is 0 Å². The highest BCUT2D eigenvalue weighted by Gasteiger charge is 2.01. The first-order valence-electron chi connectivity index (χ1n) is 5.48. The SMILES string of the molecule is NCCCCCC(=O)Nc1ccc(F)cc1. The highest BCUT2D eigenvalue weighted by Crippen LogP contribution is 2.09. The first kappa shape index (κ1) is 12.6. The highest BCUT2D eigenvalue weighted by atomic mass is 19.1. The molecule has 16 heavy (non-hydrogen) atoms. The lowest BCUT2D eigenvalue weighted by molar-refractivity contribution is -0.116. The minimum Gasteiger partial charge on any atom is -0.330 e. The van der Waals surface area contributed by atoms with Gasteiger partial charge in [0.15, 0.2) is 0 Å². The number of benzene rings is 1. The minimum absolute atomic E-state index is 0.0383. The molecule has 0 spiro atoms. The summed E-state index contributed by atoms with van der Waals surface area (Å²) in [5.74, 6) is -0.343. The van der Waals surface area contributed by atoms with Crippen LogP contribution < -0.4 is 11.1 Å². The first-order valence-corrected chi connectivity index (χ1v) is 5.48. The third kappa shape index (κ3) is 4.89. The van der Waals surface area contributed by atoms with Crippen LogP contribution in [0.1, 0.15) is 25.7 Å². The van der Waals surface area contributed by atoms with Crippen LogP contribution >= 0.6 is 0 Å². The standard InChI is InChI=1S/C12H17FN2O/c13-10-5-7-11(8-6-10)15-12(16)4-2-1-3-9-14/h5-8H,1-4,9,14H2,(H,15,16). The number of hydrogen-bond acceptors (Lipinski definition) is 2. The van der Waals surface area contributed by atoms with E-state index in [0.717, 1.165) is 19.3 Å². The van der Waals surface area contributed by atoms with Crippen LogP contribution in [0, 0.1) is 5.82 Å². The molecule has 1 rings (SSSR count). The molecule has 0 aliphatic carbocycles. The molecule has 0 atom stereocenters. The predicted octanol–water partition coefficient (Wildman–Crippen LogP) is 2.28. The van der Waals surface area contributed by atoms with E-state index >= 15 is 0 Å². The fourth-order valence-corrected chi connectivity index (χ4v) is 1.36. The lowest BCUT2D eigenvalue weighted by Crippen LogP contribution is -2.11. The van der Waals surface area contributed by atoms with E-state index < -0.39 is 0 Å². The molecule has 0 aromatic heterocycles. The van der Waals surface area contributed by atoms with Gasteiger partial charge in [0.1, 0.15) is 5.82 Å². The van der Waals surface area contributed by atoms with Crippen LogP contribution in [0.3, 0.4) is 0 Å². The van der Waals surface area contributed by atoms with Crippen molar-refractivity contribution in [3.63, 3.8) is 0 Å². The smallest absolute Gasteiger partial charge is 0.224 e. The van der Waals surface area contributed by atoms with Gasteiger partial charge in [0.25, 0.3) is 0 Å². The summed E-state index contributed by atoms with van der Waals surface area (Å²) in [6.07, 6.45) is 3.23. The molecule has 1 amide bonds. The van der Waals surface area contributed by atoms with Crippen LogP contribution in [0.5, 0.6) is 0 Å². The Labute approximate surface area is 94.8 Å². The van der Waals surface area contributed by atoms with Gasteiger partial charge >= 0.3 is 0 Å². The van der Waals surface area contributed by atoms with Crippen molar-refractivity contribution in [2.45, 2.75) is 25.7 Å². The number of anilines is 1. The van der Waals surface area contributed by atoms with Crippen LogP contribution in [0.15, 0.2) is 24.3 Å². The van der Waals surface area contributed by atoms with Gasteiger partial charge in [-0.25, -0.2) is 4.39 Å². The van der Waals surface area contributed by atoms with E-state index in [9.17, 15) is 9.18 Å². The Hall–Kier alpha value is -1.42. The number of nitrogens with two attached hydrogens (primary N) is 1. The third-order valence-electron chi connectivity index (χ3n) is 2.24. The van der Waals surface area contributed by atoms with Crippen molar-refractivity contribution >= 4 is 11.6 Å². The molecule has 0 aliphatic rings. The Balaban J connectivity index is 2.26. The van der Waals surface area contributed by atoms with Gasteiger partial charge in [0.05, 0.1) is 0 Å². The second-order valence-corrected chi connectivity index (χ2v) is 3.65. The van der Waals surface area contributed by atoms with E-state index in [0.29, 0.717) is 18.7 Å². The summed E-state index contributed by atoms with van der Waals surface area (Å²) in [5.41, 5.74) is 5.98. The van der Waals surface area contributed by atoms with Crippen molar-refractivity contribution in [1.29, 1.82) is 0 Å². The Kier molecular flexibility index (Phi) is 5.50. The zero-order chi connectivity index (χ0) is 11.8. The maximum Gasteiger partial charge on any atom is 0.224 e. The largest absolute Gasteiger partial charge is 0.330 e. The van der Waals surface area contributed by atoms with Gasteiger partial charge in [-0.05, 0) is 43.7 Å². The fourth-order valence-electron chi connectivity index (χ4n) is 1.36. The van der Waals surface area contributed by atoms with Gasteiger partial charge < -0.3 is 11.1 Å². The molecule has 0 aliphatic heterocycles. The molecule has 3 N–H and O–H groups in total. The van der Waals surface area contributed by atoms with Crippen molar-refractivity contribution in [2.75, 3.05) is 11.9 Å². The number of unbranched alkanes of at least 4 members (excludes halogenated alkanes) is 2. The molecule has 1 aromatic carbocycles. The van der Waals surface area contributed by atoms with Crippen LogP contribution in [-0.4, -0.2) is 12.5 Å². The Morgan fingerprint density at radius 3 is 2.50 bits per heavy atom. The molecular formula is C12H17FN2O. The maximum atomic E-state index is 12.6. The number of halogens is 1. The molecule has 0 unspecified atom stereocenters. The summed E-state index contributed by atoms with van der Waals surface area (Å²) >= 11 is 0. The summed E-state index contributed by atoms with van der Waals surface area (Å²) in [5, 5.41) is 2.71. The Bertz CT molecular complexity index is 324. The third-order valence-corrected chi connectivity index (χ3v) is 2.24. The first-order chi connectivity index (χ1) is 7.72. The lowest BCUT2D eigenvalue weighted by atomic mass is 10.2. The number of carbonyl (C=O) groups excluding carboxylic acids is 1.